The minimum Gasteiger partial charge on any atom is -0.295 e. The molecular weight excluding hydrogens is 212 g/mol. The molecule has 1 aromatic rings. The Hall–Kier alpha value is -2.34. The van der Waals surface area contributed by atoms with Gasteiger partial charge in [0.25, 0.3) is 5.91 Å². The first-order valence-electron chi connectivity index (χ1n) is 5.39. The number of fused-ring (bicyclic) bond motifs is 1. The lowest BCUT2D eigenvalue weighted by molar-refractivity contribution is -0.124. The van der Waals surface area contributed by atoms with Crippen molar-refractivity contribution in [1.29, 1.82) is 5.26 Å². The number of allylic oxidation sites excluding steroid dienone is 1. The first-order chi connectivity index (χ1) is 8.27. The van der Waals surface area contributed by atoms with Gasteiger partial charge in [0.1, 0.15) is 6.04 Å². The van der Waals surface area contributed by atoms with Crippen LogP contribution in [0.3, 0.4) is 0 Å². The third-order valence-corrected chi connectivity index (χ3v) is 2.67. The first-order valence-corrected chi connectivity index (χ1v) is 5.39. The van der Waals surface area contributed by atoms with Crippen LogP contribution in [0.4, 0.5) is 0 Å². The molecule has 0 spiro atoms. The quantitative estimate of drug-likeness (QED) is 0.688. The van der Waals surface area contributed by atoms with Crippen LogP contribution < -0.4 is 0 Å². The Balaban J connectivity index is 2.43. The number of nitrogens with zero attached hydrogens (tertiary/aromatic N) is 2. The number of nitriles is 1. The molecule has 84 valence electrons. The maximum Gasteiger partial charge on any atom is 0.251 e. The van der Waals surface area contributed by atoms with Crippen molar-refractivity contribution in [2.45, 2.75) is 13.0 Å². The monoisotopic (exact) mass is 224 g/mol. The van der Waals surface area contributed by atoms with Gasteiger partial charge in [-0.3, -0.25) is 9.69 Å². The summed E-state index contributed by atoms with van der Waals surface area (Å²) in [7, 11) is 0. The van der Waals surface area contributed by atoms with Crippen LogP contribution in [0.25, 0.3) is 6.08 Å². The van der Waals surface area contributed by atoms with Crippen LogP contribution in [0.5, 0.6) is 0 Å². The smallest absolute Gasteiger partial charge is 0.251 e. The van der Waals surface area contributed by atoms with Crippen LogP contribution in [0.1, 0.15) is 24.1 Å². The number of amides is 1. The van der Waals surface area contributed by atoms with Crippen molar-refractivity contribution in [2.24, 2.45) is 0 Å². The summed E-state index contributed by atoms with van der Waals surface area (Å²) >= 11 is 0. The number of hydrogen-bond donors (Lipinski definition) is 0. The van der Waals surface area contributed by atoms with E-state index in [1.807, 2.05) is 30.3 Å². The molecule has 1 unspecified atom stereocenters. The van der Waals surface area contributed by atoms with E-state index in [9.17, 15) is 10.1 Å². The Bertz CT molecular complexity index is 537. The average molecular weight is 224 g/mol. The van der Waals surface area contributed by atoms with Crippen molar-refractivity contribution >= 4 is 12.0 Å². The molecule has 1 amide bonds. The Kier molecular flexibility index (Phi) is 3.06. The number of carbonyl (C=O) groups excluding carboxylic acids is 1. The largest absolute Gasteiger partial charge is 0.295 e. The Morgan fingerprint density at radius 1 is 1.47 bits per heavy atom. The molecule has 0 N–H and O–H groups in total. The number of rotatable bonds is 1. The molecule has 0 aliphatic carbocycles. The fraction of sp³-hybridized carbons (Fsp3) is 0.143. The van der Waals surface area contributed by atoms with Crippen molar-refractivity contribution in [2.75, 3.05) is 0 Å². The highest BCUT2D eigenvalue weighted by Gasteiger charge is 2.26. The summed E-state index contributed by atoms with van der Waals surface area (Å²) < 4.78 is 0. The van der Waals surface area contributed by atoms with Gasteiger partial charge in [-0.25, -0.2) is 0 Å². The van der Waals surface area contributed by atoms with Gasteiger partial charge in [-0.15, -0.1) is 0 Å². The molecule has 0 saturated carbocycles. The van der Waals surface area contributed by atoms with E-state index in [-0.39, 0.29) is 5.91 Å². The second-order valence-electron chi connectivity index (χ2n) is 3.72. The van der Waals surface area contributed by atoms with Crippen LogP contribution in [0, 0.1) is 11.3 Å². The molecule has 1 aromatic carbocycles. The molecule has 1 atom stereocenters. The zero-order valence-corrected chi connectivity index (χ0v) is 9.50. The lowest BCUT2D eigenvalue weighted by atomic mass is 9.97. The second-order valence-corrected chi connectivity index (χ2v) is 3.72. The molecule has 0 fully saturated rings. The summed E-state index contributed by atoms with van der Waals surface area (Å²) in [4.78, 5) is 13.3. The standard InChI is InChI=1S/C14H12N2O/c1-2-5-14(17)16-9-8-11-6-3-4-7-12(11)13(16)10-15/h2-9,13H,1H3/b5-2+. The van der Waals surface area contributed by atoms with Gasteiger partial charge in [-0.2, -0.15) is 5.26 Å². The minimum absolute atomic E-state index is 0.176. The Morgan fingerprint density at radius 3 is 2.94 bits per heavy atom. The summed E-state index contributed by atoms with van der Waals surface area (Å²) in [6, 6.07) is 9.24. The molecule has 17 heavy (non-hydrogen) atoms. The molecule has 3 nitrogen and oxygen atoms in total. The first kappa shape index (κ1) is 11.2. The summed E-state index contributed by atoms with van der Waals surface area (Å²) in [6.45, 7) is 1.78. The van der Waals surface area contributed by atoms with Gasteiger partial charge in [0, 0.05) is 6.20 Å². The van der Waals surface area contributed by atoms with Crippen molar-refractivity contribution in [1.82, 2.24) is 4.90 Å². The number of benzene rings is 1. The van der Waals surface area contributed by atoms with Gasteiger partial charge in [-0.1, -0.05) is 30.3 Å². The van der Waals surface area contributed by atoms with Crippen molar-refractivity contribution in [3.05, 3.63) is 53.7 Å². The highest BCUT2D eigenvalue weighted by Crippen LogP contribution is 2.29. The minimum atomic E-state index is -0.542. The van der Waals surface area contributed by atoms with E-state index in [0.29, 0.717) is 0 Å². The second kappa shape index (κ2) is 4.67. The maximum atomic E-state index is 11.8. The summed E-state index contributed by atoms with van der Waals surface area (Å²) in [5.41, 5.74) is 1.86. The molecule has 0 aromatic heterocycles. The molecule has 1 aliphatic heterocycles. The van der Waals surface area contributed by atoms with Crippen molar-refractivity contribution in [3.8, 4) is 6.07 Å². The Labute approximate surface area is 100 Å². The normalized spacial score (nSPS) is 17.9. The van der Waals surface area contributed by atoms with Crippen molar-refractivity contribution in [3.63, 3.8) is 0 Å². The predicted octanol–water partition coefficient (Wildman–Crippen LogP) is 2.64. The summed E-state index contributed by atoms with van der Waals surface area (Å²) in [6.07, 6.45) is 6.65. The molecule has 3 heteroatoms. The van der Waals surface area contributed by atoms with E-state index >= 15 is 0 Å². The Morgan fingerprint density at radius 2 is 2.24 bits per heavy atom. The lowest BCUT2D eigenvalue weighted by Gasteiger charge is -2.27. The molecule has 2 rings (SSSR count). The predicted molar refractivity (Wildman–Crippen MR) is 65.5 cm³/mol. The van der Waals surface area contributed by atoms with E-state index in [0.717, 1.165) is 11.1 Å². The SMILES string of the molecule is C/C=C/C(=O)N1C=Cc2ccccc2C1C#N. The van der Waals surface area contributed by atoms with E-state index in [1.54, 1.807) is 19.2 Å². The van der Waals surface area contributed by atoms with Crippen LogP contribution in [-0.4, -0.2) is 10.8 Å². The fourth-order valence-electron chi connectivity index (χ4n) is 1.87. The molecule has 0 bridgehead atoms. The molecule has 0 radical (unpaired) electrons. The molecule has 0 saturated heterocycles. The summed E-state index contributed by atoms with van der Waals surface area (Å²) in [5.74, 6) is -0.176. The van der Waals surface area contributed by atoms with E-state index in [4.69, 9.17) is 0 Å². The molecular formula is C14H12N2O. The number of carbonyl (C=O) groups is 1. The van der Waals surface area contributed by atoms with E-state index in [2.05, 4.69) is 6.07 Å². The van der Waals surface area contributed by atoms with E-state index in [1.165, 1.54) is 11.0 Å². The zero-order chi connectivity index (χ0) is 12.3. The average Bonchev–Trinajstić information content (AvgIpc) is 2.37. The highest BCUT2D eigenvalue weighted by molar-refractivity contribution is 5.90. The topological polar surface area (TPSA) is 44.1 Å². The van der Waals surface area contributed by atoms with Crippen LogP contribution in [0.2, 0.25) is 0 Å². The van der Waals surface area contributed by atoms with Crippen LogP contribution in [0.15, 0.2) is 42.6 Å². The van der Waals surface area contributed by atoms with Gasteiger partial charge < -0.3 is 0 Å². The van der Waals surface area contributed by atoms with Gasteiger partial charge in [0.05, 0.1) is 6.07 Å². The summed E-state index contributed by atoms with van der Waals surface area (Å²) in [5, 5.41) is 9.22. The maximum absolute atomic E-state index is 11.8. The highest BCUT2D eigenvalue weighted by atomic mass is 16.2. The third-order valence-electron chi connectivity index (χ3n) is 2.67. The fourth-order valence-corrected chi connectivity index (χ4v) is 1.87. The van der Waals surface area contributed by atoms with Crippen LogP contribution in [-0.2, 0) is 4.79 Å². The van der Waals surface area contributed by atoms with Gasteiger partial charge in [-0.05, 0) is 30.2 Å². The van der Waals surface area contributed by atoms with E-state index < -0.39 is 6.04 Å². The number of hydrogen-bond acceptors (Lipinski definition) is 2. The molecule has 1 aliphatic rings. The van der Waals surface area contributed by atoms with Gasteiger partial charge >= 0.3 is 0 Å². The third kappa shape index (κ3) is 1.98. The van der Waals surface area contributed by atoms with Gasteiger partial charge in [0.2, 0.25) is 0 Å². The van der Waals surface area contributed by atoms with Crippen molar-refractivity contribution < 1.29 is 4.79 Å². The molecule has 1 heterocycles. The van der Waals surface area contributed by atoms with Crippen LogP contribution >= 0.6 is 0 Å². The lowest BCUT2D eigenvalue weighted by Crippen LogP contribution is -2.30. The zero-order valence-electron chi connectivity index (χ0n) is 9.50. The van der Waals surface area contributed by atoms with Gasteiger partial charge in [0.15, 0.2) is 0 Å².